The molecule has 0 aliphatic carbocycles. The Balaban J connectivity index is 1.34. The lowest BCUT2D eigenvalue weighted by molar-refractivity contribution is -0.00997. The number of imidazole rings is 1. The van der Waals surface area contributed by atoms with Crippen molar-refractivity contribution in [3.63, 3.8) is 0 Å². The molecular weight excluding hydrogens is 466 g/mol. The van der Waals surface area contributed by atoms with E-state index in [-0.39, 0.29) is 34.2 Å². The Morgan fingerprint density at radius 3 is 2.68 bits per heavy atom. The highest BCUT2D eigenvalue weighted by Gasteiger charge is 2.38. The minimum absolute atomic E-state index is 0.126. The molecule has 1 amide bonds. The van der Waals surface area contributed by atoms with Crippen molar-refractivity contribution in [3.8, 4) is 5.69 Å². The minimum Gasteiger partial charge on any atom is -0.368 e. The van der Waals surface area contributed by atoms with Gasteiger partial charge in [-0.2, -0.15) is 0 Å². The highest BCUT2D eigenvalue weighted by molar-refractivity contribution is 6.30. The summed E-state index contributed by atoms with van der Waals surface area (Å²) in [5.41, 5.74) is 1.39. The number of rotatable bonds is 4. The van der Waals surface area contributed by atoms with Gasteiger partial charge in [0.15, 0.2) is 0 Å². The fourth-order valence-electron chi connectivity index (χ4n) is 4.80. The van der Waals surface area contributed by atoms with E-state index < -0.39 is 17.7 Å². The molecule has 0 spiro atoms. The van der Waals surface area contributed by atoms with E-state index in [1.54, 1.807) is 34.1 Å². The van der Waals surface area contributed by atoms with Crippen LogP contribution >= 0.6 is 11.6 Å². The molecule has 4 heterocycles. The first-order valence-corrected chi connectivity index (χ1v) is 11.5. The Morgan fingerprint density at radius 1 is 1.15 bits per heavy atom. The first kappa shape index (κ1) is 22.7. The normalized spacial score (nSPS) is 21.1. The van der Waals surface area contributed by atoms with Crippen LogP contribution in [0.25, 0.3) is 5.69 Å². The zero-order chi connectivity index (χ0) is 24.1. The van der Waals surface area contributed by atoms with E-state index >= 15 is 0 Å². The van der Waals surface area contributed by atoms with Gasteiger partial charge >= 0.3 is 0 Å². The molecule has 7 nitrogen and oxygen atoms in total. The number of carbonyl (C=O) groups excluding carboxylic acids is 1. The van der Waals surface area contributed by atoms with E-state index in [2.05, 4.69) is 4.98 Å². The third-order valence-corrected chi connectivity index (χ3v) is 6.95. The standard InChI is InChI=1S/C24H23ClF2N4O3/c1-13-11-29(12-28-13)19-3-4-20-24(33)30(7-8-31(20)23(19)32)14(2)21-5-6-22(34-21)15-9-18(27)16(25)10-17(15)26/h3-4,9-12,14,21-22H,5-8H2,1-2H3/t14-,21-,22+/m0/s1. The minimum atomic E-state index is -0.698. The molecule has 0 radical (unpaired) electrons. The van der Waals surface area contributed by atoms with E-state index in [1.807, 2.05) is 13.8 Å². The van der Waals surface area contributed by atoms with Crippen molar-refractivity contribution in [2.75, 3.05) is 6.54 Å². The second-order valence-electron chi connectivity index (χ2n) is 8.75. The molecule has 178 valence electrons. The van der Waals surface area contributed by atoms with Crippen LogP contribution in [0.3, 0.4) is 0 Å². The summed E-state index contributed by atoms with van der Waals surface area (Å²) in [5.74, 6) is -1.58. The average molecular weight is 489 g/mol. The number of amides is 1. The van der Waals surface area contributed by atoms with Gasteiger partial charge < -0.3 is 18.8 Å². The van der Waals surface area contributed by atoms with Crippen LogP contribution in [0, 0.1) is 18.6 Å². The van der Waals surface area contributed by atoms with Gasteiger partial charge in [0.1, 0.15) is 23.0 Å². The van der Waals surface area contributed by atoms with Gasteiger partial charge in [-0.25, -0.2) is 13.8 Å². The van der Waals surface area contributed by atoms with Crippen molar-refractivity contribution in [2.45, 2.75) is 51.5 Å². The smallest absolute Gasteiger partial charge is 0.275 e. The zero-order valence-corrected chi connectivity index (χ0v) is 19.4. The van der Waals surface area contributed by atoms with Crippen LogP contribution in [0.15, 0.2) is 41.6 Å². The number of pyridine rings is 1. The number of nitrogens with zero attached hydrogens (tertiary/aromatic N) is 4. The van der Waals surface area contributed by atoms with Gasteiger partial charge in [-0.05, 0) is 51.0 Å². The molecule has 0 saturated carbocycles. The molecule has 0 unspecified atom stereocenters. The molecule has 3 aromatic rings. The number of hydrogen-bond acceptors (Lipinski definition) is 4. The van der Waals surface area contributed by atoms with Crippen LogP contribution < -0.4 is 5.56 Å². The predicted molar refractivity (Wildman–Crippen MR) is 121 cm³/mol. The predicted octanol–water partition coefficient (Wildman–Crippen LogP) is 4.04. The zero-order valence-electron chi connectivity index (χ0n) is 18.7. The topological polar surface area (TPSA) is 69.4 Å². The van der Waals surface area contributed by atoms with Crippen LogP contribution in [0.1, 0.15) is 47.6 Å². The summed E-state index contributed by atoms with van der Waals surface area (Å²) in [6, 6.07) is 4.99. The fraction of sp³-hybridized carbons (Fsp3) is 0.375. The molecule has 1 fully saturated rings. The van der Waals surface area contributed by atoms with E-state index in [0.717, 1.165) is 17.8 Å². The van der Waals surface area contributed by atoms with Crippen LogP contribution in [0.2, 0.25) is 5.02 Å². The molecule has 34 heavy (non-hydrogen) atoms. The number of carbonyl (C=O) groups is 1. The van der Waals surface area contributed by atoms with Gasteiger partial charge in [-0.15, -0.1) is 0 Å². The maximum absolute atomic E-state index is 14.4. The highest BCUT2D eigenvalue weighted by Crippen LogP contribution is 2.38. The average Bonchev–Trinajstić information content (AvgIpc) is 3.46. The lowest BCUT2D eigenvalue weighted by Gasteiger charge is -2.37. The summed E-state index contributed by atoms with van der Waals surface area (Å²) >= 11 is 5.66. The SMILES string of the molecule is Cc1cn(-c2ccc3n(c2=O)CCN([C@@H](C)[C@@H]2CC[C@H](c4cc(F)c(Cl)cc4F)O2)C3=O)cn1. The summed E-state index contributed by atoms with van der Waals surface area (Å²) in [6.07, 6.45) is 3.45. The molecule has 2 aromatic heterocycles. The Morgan fingerprint density at radius 2 is 1.94 bits per heavy atom. The molecule has 10 heteroatoms. The van der Waals surface area contributed by atoms with Crippen LogP contribution in [-0.2, 0) is 11.3 Å². The first-order valence-electron chi connectivity index (χ1n) is 11.1. The fourth-order valence-corrected chi connectivity index (χ4v) is 4.95. The lowest BCUT2D eigenvalue weighted by Crippen LogP contribution is -2.52. The van der Waals surface area contributed by atoms with Crippen molar-refractivity contribution in [1.82, 2.24) is 19.0 Å². The van der Waals surface area contributed by atoms with Crippen molar-refractivity contribution in [1.29, 1.82) is 0 Å². The second kappa shape index (κ2) is 8.63. The molecule has 5 rings (SSSR count). The summed E-state index contributed by atoms with van der Waals surface area (Å²) < 4.78 is 37.4. The Kier molecular flexibility index (Phi) is 5.77. The summed E-state index contributed by atoms with van der Waals surface area (Å²) in [7, 11) is 0. The van der Waals surface area contributed by atoms with Gasteiger partial charge in [0.05, 0.1) is 35.3 Å². The quantitative estimate of drug-likeness (QED) is 0.520. The monoisotopic (exact) mass is 488 g/mol. The summed E-state index contributed by atoms with van der Waals surface area (Å²) in [5, 5.41) is -0.275. The molecule has 1 aromatic carbocycles. The van der Waals surface area contributed by atoms with Gasteiger partial charge in [0.2, 0.25) is 0 Å². The van der Waals surface area contributed by atoms with Crippen LogP contribution in [0.4, 0.5) is 8.78 Å². The number of halogens is 3. The molecule has 0 N–H and O–H groups in total. The van der Waals surface area contributed by atoms with Crippen molar-refractivity contribution < 1.29 is 18.3 Å². The number of aryl methyl sites for hydroxylation is 1. The van der Waals surface area contributed by atoms with Gasteiger partial charge in [0, 0.05) is 24.8 Å². The molecule has 0 bridgehead atoms. The summed E-state index contributed by atoms with van der Waals surface area (Å²) in [6.45, 7) is 4.40. The van der Waals surface area contributed by atoms with Crippen LogP contribution in [0.5, 0.6) is 0 Å². The Hall–Kier alpha value is -3.04. The third-order valence-electron chi connectivity index (χ3n) is 6.66. The van der Waals surface area contributed by atoms with Crippen LogP contribution in [-0.4, -0.2) is 43.6 Å². The molecule has 2 aliphatic heterocycles. The number of fused-ring (bicyclic) bond motifs is 1. The Bertz CT molecular complexity index is 1340. The Labute approximate surface area is 199 Å². The summed E-state index contributed by atoms with van der Waals surface area (Å²) in [4.78, 5) is 32.1. The third kappa shape index (κ3) is 3.82. The largest absolute Gasteiger partial charge is 0.368 e. The number of hydrogen-bond donors (Lipinski definition) is 0. The number of ether oxygens (including phenoxy) is 1. The van der Waals surface area contributed by atoms with Gasteiger partial charge in [0.25, 0.3) is 11.5 Å². The highest BCUT2D eigenvalue weighted by atomic mass is 35.5. The van der Waals surface area contributed by atoms with E-state index in [0.29, 0.717) is 37.3 Å². The molecule has 1 saturated heterocycles. The number of benzene rings is 1. The maximum Gasteiger partial charge on any atom is 0.275 e. The molecule has 3 atom stereocenters. The van der Waals surface area contributed by atoms with Gasteiger partial charge in [-0.3, -0.25) is 9.59 Å². The molecule has 2 aliphatic rings. The van der Waals surface area contributed by atoms with E-state index in [1.165, 1.54) is 4.57 Å². The van der Waals surface area contributed by atoms with Crippen molar-refractivity contribution in [3.05, 3.63) is 80.8 Å². The van der Waals surface area contributed by atoms with Crippen molar-refractivity contribution >= 4 is 17.5 Å². The maximum atomic E-state index is 14.4. The van der Waals surface area contributed by atoms with Crippen molar-refractivity contribution in [2.24, 2.45) is 0 Å². The second-order valence-corrected chi connectivity index (χ2v) is 9.16. The lowest BCUT2D eigenvalue weighted by atomic mass is 10.0. The first-order chi connectivity index (χ1) is 16.2. The number of aromatic nitrogens is 3. The van der Waals surface area contributed by atoms with E-state index in [4.69, 9.17) is 16.3 Å². The molecular formula is C24H23ClF2N4O3. The van der Waals surface area contributed by atoms with Gasteiger partial charge in [-0.1, -0.05) is 11.6 Å². The van der Waals surface area contributed by atoms with E-state index in [9.17, 15) is 18.4 Å².